The third kappa shape index (κ3) is 1.80. The Balaban J connectivity index is 2.10. The molecule has 98 valence electrons. The van der Waals surface area contributed by atoms with E-state index in [-0.39, 0.29) is 5.54 Å². The number of aromatic nitrogens is 2. The van der Waals surface area contributed by atoms with E-state index >= 15 is 0 Å². The van der Waals surface area contributed by atoms with Gasteiger partial charge in [0.25, 0.3) is 0 Å². The summed E-state index contributed by atoms with van der Waals surface area (Å²) in [5, 5.41) is 0. The number of carbonyl (C=O) groups excluding carboxylic acids is 1. The van der Waals surface area contributed by atoms with Crippen LogP contribution >= 0.6 is 0 Å². The van der Waals surface area contributed by atoms with E-state index < -0.39 is 0 Å². The summed E-state index contributed by atoms with van der Waals surface area (Å²) in [5.41, 5.74) is 2.85. The molecule has 1 saturated carbocycles. The predicted molar refractivity (Wildman–Crippen MR) is 73.8 cm³/mol. The first-order valence-electron chi connectivity index (χ1n) is 6.72. The van der Waals surface area contributed by atoms with Crippen molar-refractivity contribution in [3.05, 3.63) is 30.1 Å². The first-order chi connectivity index (χ1) is 9.16. The minimum atomic E-state index is -0.336. The molecule has 0 radical (unpaired) electrons. The maximum absolute atomic E-state index is 10.6. The molecule has 3 rings (SSSR count). The number of aliphatic imine (C=N–C) groups is 1. The molecule has 0 bridgehead atoms. The van der Waals surface area contributed by atoms with Gasteiger partial charge in [-0.25, -0.2) is 9.78 Å². The van der Waals surface area contributed by atoms with Crippen LogP contribution in [0.3, 0.4) is 0 Å². The van der Waals surface area contributed by atoms with Crippen LogP contribution in [0, 0.1) is 0 Å². The zero-order valence-electron chi connectivity index (χ0n) is 11.3. The fraction of sp³-hybridized carbons (Fsp3) is 0.467. The SMILES string of the molecule is CC(C)n1cnc2cc(C3(N=C=O)CCC3)ccc21. The van der Waals surface area contributed by atoms with Crippen molar-refractivity contribution in [2.45, 2.75) is 44.7 Å². The summed E-state index contributed by atoms with van der Waals surface area (Å²) in [6.07, 6.45) is 6.57. The van der Waals surface area contributed by atoms with Crippen molar-refractivity contribution in [2.75, 3.05) is 0 Å². The number of fused-ring (bicyclic) bond motifs is 1. The molecule has 4 heteroatoms. The molecule has 0 amide bonds. The molecule has 1 aromatic carbocycles. The average molecular weight is 255 g/mol. The lowest BCUT2D eigenvalue weighted by molar-refractivity contribution is 0.256. The van der Waals surface area contributed by atoms with E-state index in [0.717, 1.165) is 35.9 Å². The Morgan fingerprint density at radius 2 is 2.21 bits per heavy atom. The molecule has 1 fully saturated rings. The van der Waals surface area contributed by atoms with Crippen LogP contribution in [0.5, 0.6) is 0 Å². The number of imidazole rings is 1. The number of nitrogens with zero attached hydrogens (tertiary/aromatic N) is 3. The summed E-state index contributed by atoms with van der Waals surface area (Å²) in [5.74, 6) is 0. The van der Waals surface area contributed by atoms with Crippen LogP contribution in [-0.2, 0) is 10.3 Å². The lowest BCUT2D eigenvalue weighted by Crippen LogP contribution is -2.31. The fourth-order valence-corrected chi connectivity index (χ4v) is 2.80. The number of hydrogen-bond acceptors (Lipinski definition) is 3. The van der Waals surface area contributed by atoms with E-state index in [4.69, 9.17) is 0 Å². The summed E-state index contributed by atoms with van der Waals surface area (Å²) in [6, 6.07) is 6.61. The van der Waals surface area contributed by atoms with Gasteiger partial charge in [-0.15, -0.1) is 0 Å². The monoisotopic (exact) mass is 255 g/mol. The van der Waals surface area contributed by atoms with Gasteiger partial charge in [-0.1, -0.05) is 6.07 Å². The smallest absolute Gasteiger partial charge is 0.235 e. The van der Waals surface area contributed by atoms with Gasteiger partial charge < -0.3 is 4.57 Å². The number of rotatable bonds is 3. The van der Waals surface area contributed by atoms with Crippen molar-refractivity contribution in [1.82, 2.24) is 9.55 Å². The molecule has 0 spiro atoms. The second-order valence-electron chi connectivity index (χ2n) is 5.54. The maximum Gasteiger partial charge on any atom is 0.235 e. The Kier molecular flexibility index (Phi) is 2.76. The Bertz CT molecular complexity index is 661. The molecule has 2 aromatic rings. The third-order valence-corrected chi connectivity index (χ3v) is 4.11. The van der Waals surface area contributed by atoms with Crippen LogP contribution in [0.25, 0.3) is 11.0 Å². The van der Waals surface area contributed by atoms with Crippen molar-refractivity contribution in [2.24, 2.45) is 4.99 Å². The van der Waals surface area contributed by atoms with Gasteiger partial charge in [0.2, 0.25) is 6.08 Å². The van der Waals surface area contributed by atoms with Crippen molar-refractivity contribution < 1.29 is 4.79 Å². The Morgan fingerprint density at radius 3 is 2.79 bits per heavy atom. The molecule has 0 aliphatic heterocycles. The first kappa shape index (κ1) is 12.1. The van der Waals surface area contributed by atoms with Crippen molar-refractivity contribution in [3.63, 3.8) is 0 Å². The summed E-state index contributed by atoms with van der Waals surface area (Å²) in [7, 11) is 0. The lowest BCUT2D eigenvalue weighted by Gasteiger charge is -2.37. The van der Waals surface area contributed by atoms with E-state index in [1.165, 1.54) is 0 Å². The Labute approximate surface area is 112 Å². The highest BCUT2D eigenvalue weighted by Gasteiger charge is 2.39. The van der Waals surface area contributed by atoms with Gasteiger partial charge in [0.15, 0.2) is 0 Å². The predicted octanol–water partition coefficient (Wildman–Crippen LogP) is 3.33. The van der Waals surface area contributed by atoms with Crippen LogP contribution in [0.1, 0.15) is 44.7 Å². The average Bonchev–Trinajstić information content (AvgIpc) is 2.76. The van der Waals surface area contributed by atoms with Crippen LogP contribution < -0.4 is 0 Å². The Hall–Kier alpha value is -1.93. The zero-order chi connectivity index (χ0) is 13.5. The molecule has 0 unspecified atom stereocenters. The number of isocyanates is 1. The van der Waals surface area contributed by atoms with Crippen LogP contribution in [0.4, 0.5) is 0 Å². The fourth-order valence-electron chi connectivity index (χ4n) is 2.80. The van der Waals surface area contributed by atoms with Gasteiger partial charge in [0.05, 0.1) is 22.9 Å². The molecule has 19 heavy (non-hydrogen) atoms. The Morgan fingerprint density at radius 1 is 1.42 bits per heavy atom. The standard InChI is InChI=1S/C15H17N3O/c1-11(2)18-9-16-13-8-12(4-5-14(13)18)15(17-10-19)6-3-7-15/h4-5,8-9,11H,3,6-7H2,1-2H3. The molecule has 0 N–H and O–H groups in total. The van der Waals surface area contributed by atoms with Gasteiger partial charge >= 0.3 is 0 Å². The van der Waals surface area contributed by atoms with Gasteiger partial charge in [-0.05, 0) is 50.8 Å². The minimum absolute atomic E-state index is 0.336. The van der Waals surface area contributed by atoms with Crippen molar-refractivity contribution >= 4 is 17.1 Å². The number of hydrogen-bond donors (Lipinski definition) is 0. The second-order valence-corrected chi connectivity index (χ2v) is 5.54. The molecular formula is C15H17N3O. The van der Waals surface area contributed by atoms with E-state index in [2.05, 4.69) is 46.6 Å². The van der Waals surface area contributed by atoms with Gasteiger partial charge in [-0.3, -0.25) is 0 Å². The molecule has 0 atom stereocenters. The van der Waals surface area contributed by atoms with E-state index in [9.17, 15) is 4.79 Å². The normalized spacial score (nSPS) is 17.2. The van der Waals surface area contributed by atoms with Crippen LogP contribution in [-0.4, -0.2) is 15.6 Å². The zero-order valence-corrected chi connectivity index (χ0v) is 11.3. The van der Waals surface area contributed by atoms with Crippen molar-refractivity contribution in [3.8, 4) is 0 Å². The maximum atomic E-state index is 10.6. The quantitative estimate of drug-likeness (QED) is 0.624. The molecule has 0 saturated heterocycles. The van der Waals surface area contributed by atoms with Gasteiger partial charge in [0.1, 0.15) is 0 Å². The molecular weight excluding hydrogens is 238 g/mol. The van der Waals surface area contributed by atoms with Gasteiger partial charge in [0, 0.05) is 6.04 Å². The van der Waals surface area contributed by atoms with Gasteiger partial charge in [-0.2, -0.15) is 4.99 Å². The van der Waals surface area contributed by atoms with Crippen molar-refractivity contribution in [1.29, 1.82) is 0 Å². The molecule has 1 aliphatic carbocycles. The highest BCUT2D eigenvalue weighted by Crippen LogP contribution is 2.45. The van der Waals surface area contributed by atoms with E-state index in [1.807, 2.05) is 6.33 Å². The third-order valence-electron chi connectivity index (χ3n) is 4.11. The summed E-state index contributed by atoms with van der Waals surface area (Å²) in [4.78, 5) is 19.1. The second kappa shape index (κ2) is 4.32. The first-order valence-corrected chi connectivity index (χ1v) is 6.72. The summed E-state index contributed by atoms with van der Waals surface area (Å²) < 4.78 is 2.15. The highest BCUT2D eigenvalue weighted by molar-refractivity contribution is 5.76. The van der Waals surface area contributed by atoms with Crippen LogP contribution in [0.15, 0.2) is 29.5 Å². The lowest BCUT2D eigenvalue weighted by atomic mass is 9.72. The topological polar surface area (TPSA) is 47.2 Å². The molecule has 4 nitrogen and oxygen atoms in total. The molecule has 1 heterocycles. The molecule has 1 aromatic heterocycles. The largest absolute Gasteiger partial charge is 0.328 e. The highest BCUT2D eigenvalue weighted by atomic mass is 16.1. The molecule has 1 aliphatic rings. The van der Waals surface area contributed by atoms with E-state index in [0.29, 0.717) is 6.04 Å². The summed E-state index contributed by atoms with van der Waals surface area (Å²) in [6.45, 7) is 4.28. The van der Waals surface area contributed by atoms with Crippen LogP contribution in [0.2, 0.25) is 0 Å². The number of benzene rings is 1. The minimum Gasteiger partial charge on any atom is -0.328 e. The summed E-state index contributed by atoms with van der Waals surface area (Å²) >= 11 is 0. The van der Waals surface area contributed by atoms with E-state index in [1.54, 1.807) is 6.08 Å².